The van der Waals surface area contributed by atoms with Gasteiger partial charge in [-0.25, -0.2) is 0 Å². The Hall–Kier alpha value is -6.15. The summed E-state index contributed by atoms with van der Waals surface area (Å²) in [6.07, 6.45) is 0. The molecule has 2 heterocycles. The predicted octanol–water partition coefficient (Wildman–Crippen LogP) is 11.0. The maximum absolute atomic E-state index is 15.4. The van der Waals surface area contributed by atoms with E-state index in [1.165, 1.54) is 32.8 Å². The van der Waals surface area contributed by atoms with Crippen molar-refractivity contribution in [3.8, 4) is 16.8 Å². The molecular formula is C46H31N2OP. The Labute approximate surface area is 290 Å². The first kappa shape index (κ1) is 28.8. The van der Waals surface area contributed by atoms with Crippen molar-refractivity contribution in [2.45, 2.75) is 0 Å². The third kappa shape index (κ3) is 4.14. The van der Waals surface area contributed by atoms with Crippen molar-refractivity contribution in [2.75, 3.05) is 4.90 Å². The van der Waals surface area contributed by atoms with Crippen LogP contribution in [0, 0.1) is 0 Å². The fourth-order valence-electron chi connectivity index (χ4n) is 7.99. The maximum Gasteiger partial charge on any atom is 0.175 e. The highest BCUT2D eigenvalue weighted by Crippen LogP contribution is 2.55. The van der Waals surface area contributed by atoms with Gasteiger partial charge in [0.05, 0.1) is 28.1 Å². The van der Waals surface area contributed by atoms with Gasteiger partial charge in [0.25, 0.3) is 0 Å². The van der Waals surface area contributed by atoms with Gasteiger partial charge in [-0.1, -0.05) is 133 Å². The third-order valence-corrected chi connectivity index (χ3v) is 13.3. The summed E-state index contributed by atoms with van der Waals surface area (Å²) in [6, 6.07) is 65.6. The molecule has 0 unspecified atom stereocenters. The Morgan fingerprint density at radius 3 is 1.50 bits per heavy atom. The molecule has 8 aromatic carbocycles. The Morgan fingerprint density at radius 2 is 0.880 bits per heavy atom. The highest BCUT2D eigenvalue weighted by molar-refractivity contribution is 7.86. The van der Waals surface area contributed by atoms with Gasteiger partial charge in [-0.05, 0) is 71.1 Å². The summed E-state index contributed by atoms with van der Waals surface area (Å²) in [5.41, 5.74) is 8.84. The number of rotatable bonds is 4. The molecule has 1 aliphatic rings. The molecular weight excluding hydrogens is 627 g/mol. The lowest BCUT2D eigenvalue weighted by Gasteiger charge is -2.38. The van der Waals surface area contributed by atoms with Crippen LogP contribution in [0.1, 0.15) is 0 Å². The summed E-state index contributed by atoms with van der Waals surface area (Å²) in [7, 11) is -3.12. The van der Waals surface area contributed by atoms with Crippen molar-refractivity contribution >= 4 is 72.7 Å². The van der Waals surface area contributed by atoms with Crippen LogP contribution < -0.4 is 20.8 Å². The Balaban J connectivity index is 1.13. The lowest BCUT2D eigenvalue weighted by Crippen LogP contribution is -2.36. The zero-order valence-corrected chi connectivity index (χ0v) is 28.0. The van der Waals surface area contributed by atoms with Crippen molar-refractivity contribution in [1.82, 2.24) is 4.57 Å². The summed E-state index contributed by atoms with van der Waals surface area (Å²) < 4.78 is 17.7. The Kier molecular flexibility index (Phi) is 6.46. The van der Waals surface area contributed by atoms with Crippen molar-refractivity contribution in [3.63, 3.8) is 0 Å². The Bertz CT molecular complexity index is 2700. The van der Waals surface area contributed by atoms with Crippen LogP contribution in [0.5, 0.6) is 0 Å². The molecule has 50 heavy (non-hydrogen) atoms. The fraction of sp³-hybridized carbons (Fsp3) is 0. The second-order valence-electron chi connectivity index (χ2n) is 12.9. The number of hydrogen-bond donors (Lipinski definition) is 0. The van der Waals surface area contributed by atoms with E-state index in [1.807, 2.05) is 66.7 Å². The van der Waals surface area contributed by atoms with Crippen molar-refractivity contribution in [1.29, 1.82) is 0 Å². The van der Waals surface area contributed by atoms with Crippen LogP contribution in [-0.4, -0.2) is 4.57 Å². The molecule has 0 saturated heterocycles. The molecule has 0 N–H and O–H groups in total. The molecule has 236 valence electrons. The molecule has 0 aliphatic carbocycles. The van der Waals surface area contributed by atoms with Gasteiger partial charge in [0.1, 0.15) is 0 Å². The zero-order chi connectivity index (χ0) is 33.2. The van der Waals surface area contributed by atoms with Gasteiger partial charge in [-0.2, -0.15) is 0 Å². The van der Waals surface area contributed by atoms with Crippen LogP contribution in [-0.2, 0) is 4.57 Å². The summed E-state index contributed by atoms with van der Waals surface area (Å²) in [5.74, 6) is 0. The third-order valence-electron chi connectivity index (χ3n) is 10.2. The number of aromatic nitrogens is 1. The smallest absolute Gasteiger partial charge is 0.175 e. The molecule has 4 heteroatoms. The first-order chi connectivity index (χ1) is 24.7. The second kappa shape index (κ2) is 11.2. The van der Waals surface area contributed by atoms with Gasteiger partial charge in [-0.15, -0.1) is 0 Å². The topological polar surface area (TPSA) is 25.2 Å². The first-order valence-corrected chi connectivity index (χ1v) is 18.7. The van der Waals surface area contributed by atoms with Crippen LogP contribution in [0.15, 0.2) is 188 Å². The van der Waals surface area contributed by atoms with Crippen LogP contribution in [0.2, 0.25) is 0 Å². The molecule has 0 fully saturated rings. The van der Waals surface area contributed by atoms with Crippen molar-refractivity contribution < 1.29 is 4.57 Å². The summed E-state index contributed by atoms with van der Waals surface area (Å²) in [5, 5.41) is 7.39. The van der Waals surface area contributed by atoms with E-state index < -0.39 is 7.14 Å². The number of hydrogen-bond acceptors (Lipinski definition) is 2. The molecule has 0 radical (unpaired) electrons. The molecule has 0 saturated carbocycles. The van der Waals surface area contributed by atoms with E-state index in [0.29, 0.717) is 0 Å². The second-order valence-corrected chi connectivity index (χ2v) is 15.6. The minimum Gasteiger partial charge on any atom is -0.309 e. The van der Waals surface area contributed by atoms with Crippen molar-refractivity contribution in [2.24, 2.45) is 0 Å². The van der Waals surface area contributed by atoms with Gasteiger partial charge in [0, 0.05) is 37.8 Å². The lowest BCUT2D eigenvalue weighted by molar-refractivity contribution is 0.592. The summed E-state index contributed by atoms with van der Waals surface area (Å²) in [4.78, 5) is 2.31. The number of anilines is 3. The highest BCUT2D eigenvalue weighted by Gasteiger charge is 2.41. The molecule has 0 bridgehead atoms. The standard InChI is InChI=1S/C46H31N2OP/c49-50(34-14-2-1-3-15-34)45-24-12-10-22-43(45)48(44-23-11-13-25-46(44)50)42-31-30-35(36-16-4-5-17-37(36)42)32-26-28-33(29-27-32)47-40-20-8-6-18-38(40)39-19-7-9-21-41(39)47/h1-31H. The largest absolute Gasteiger partial charge is 0.309 e. The highest BCUT2D eigenvalue weighted by atomic mass is 31.2. The molecule has 0 atom stereocenters. The molecule has 0 spiro atoms. The maximum atomic E-state index is 15.4. The van der Waals surface area contributed by atoms with E-state index >= 15 is 4.57 Å². The number of nitrogens with zero attached hydrogens (tertiary/aromatic N) is 2. The van der Waals surface area contributed by atoms with E-state index in [0.717, 1.165) is 49.6 Å². The SMILES string of the molecule is O=P1(c2ccccc2)c2ccccc2N(c2ccc(-c3ccc(-n4c5ccccc5c5ccccc54)cc3)c3ccccc23)c2ccccc21. The van der Waals surface area contributed by atoms with Gasteiger partial charge in [0.15, 0.2) is 7.14 Å². The molecule has 9 aromatic rings. The number of benzene rings is 8. The van der Waals surface area contributed by atoms with E-state index in [9.17, 15) is 0 Å². The lowest BCUT2D eigenvalue weighted by atomic mass is 9.96. The van der Waals surface area contributed by atoms with Crippen LogP contribution in [0.25, 0.3) is 49.4 Å². The van der Waals surface area contributed by atoms with E-state index in [1.54, 1.807) is 0 Å². The minimum absolute atomic E-state index is 0.851. The summed E-state index contributed by atoms with van der Waals surface area (Å²) >= 11 is 0. The summed E-state index contributed by atoms with van der Waals surface area (Å²) in [6.45, 7) is 0. The molecule has 1 aromatic heterocycles. The normalized spacial score (nSPS) is 13.4. The van der Waals surface area contributed by atoms with Crippen molar-refractivity contribution in [3.05, 3.63) is 188 Å². The molecule has 3 nitrogen and oxygen atoms in total. The van der Waals surface area contributed by atoms with Crippen LogP contribution in [0.4, 0.5) is 17.1 Å². The quantitative estimate of drug-likeness (QED) is 0.176. The molecule has 0 amide bonds. The zero-order valence-electron chi connectivity index (χ0n) is 27.1. The first-order valence-electron chi connectivity index (χ1n) is 17.0. The molecule has 1 aliphatic heterocycles. The van der Waals surface area contributed by atoms with Gasteiger partial charge < -0.3 is 14.0 Å². The predicted molar refractivity (Wildman–Crippen MR) is 211 cm³/mol. The average molecular weight is 659 g/mol. The van der Waals surface area contributed by atoms with Crippen LogP contribution in [0.3, 0.4) is 0 Å². The number of para-hydroxylation sites is 4. The van der Waals surface area contributed by atoms with Gasteiger partial charge in [0.2, 0.25) is 0 Å². The van der Waals surface area contributed by atoms with E-state index in [2.05, 4.69) is 131 Å². The van der Waals surface area contributed by atoms with E-state index in [-0.39, 0.29) is 0 Å². The average Bonchev–Trinajstić information content (AvgIpc) is 3.53. The monoisotopic (exact) mass is 658 g/mol. The number of fused-ring (bicyclic) bond motifs is 6. The fourth-order valence-corrected chi connectivity index (χ4v) is 11.0. The van der Waals surface area contributed by atoms with Gasteiger partial charge in [-0.3, -0.25) is 0 Å². The minimum atomic E-state index is -3.12. The Morgan fingerprint density at radius 1 is 0.380 bits per heavy atom. The van der Waals surface area contributed by atoms with Crippen LogP contribution >= 0.6 is 7.14 Å². The van der Waals surface area contributed by atoms with E-state index in [4.69, 9.17) is 0 Å². The van der Waals surface area contributed by atoms with Gasteiger partial charge >= 0.3 is 0 Å². The molecule has 10 rings (SSSR count).